The van der Waals surface area contributed by atoms with Gasteiger partial charge in [0.2, 0.25) is 0 Å². The molecule has 0 saturated heterocycles. The highest BCUT2D eigenvalue weighted by Gasteiger charge is 2.29. The van der Waals surface area contributed by atoms with Gasteiger partial charge in [-0.1, -0.05) is 26.2 Å². The molecule has 126 valence electrons. The maximum atomic E-state index is 12.1. The zero-order chi connectivity index (χ0) is 16.2. The molecule has 1 saturated carbocycles. The van der Waals surface area contributed by atoms with Crippen molar-refractivity contribution in [3.63, 3.8) is 0 Å². The van der Waals surface area contributed by atoms with Crippen molar-refractivity contribution in [2.45, 2.75) is 65.4 Å². The summed E-state index contributed by atoms with van der Waals surface area (Å²) in [6, 6.07) is 0. The lowest BCUT2D eigenvalue weighted by molar-refractivity contribution is 0.0276. The predicted octanol–water partition coefficient (Wildman–Crippen LogP) is 3.20. The topological polar surface area (TPSA) is 53.9 Å². The standard InChI is InChI=1S/C17H31N3O2/c1-16(2,3)22-15(21)20-11-10-18-14(12-20)19-13-17(4)8-6-5-7-9-17/h5-13H2,1-4H3,(H,18,19). The van der Waals surface area contributed by atoms with Crippen LogP contribution < -0.4 is 5.32 Å². The van der Waals surface area contributed by atoms with E-state index < -0.39 is 5.60 Å². The number of carbonyl (C=O) groups excluding carboxylic acids is 1. The minimum atomic E-state index is -0.450. The van der Waals surface area contributed by atoms with Crippen molar-refractivity contribution in [2.75, 3.05) is 26.2 Å². The number of nitrogens with zero attached hydrogens (tertiary/aromatic N) is 2. The lowest BCUT2D eigenvalue weighted by Crippen LogP contribution is -2.49. The molecule has 2 aliphatic rings. The molecular weight excluding hydrogens is 278 g/mol. The van der Waals surface area contributed by atoms with Crippen molar-refractivity contribution in [1.82, 2.24) is 10.2 Å². The lowest BCUT2D eigenvalue weighted by Gasteiger charge is -2.35. The van der Waals surface area contributed by atoms with Crippen LogP contribution in [0.2, 0.25) is 0 Å². The molecular formula is C17H31N3O2. The van der Waals surface area contributed by atoms with Crippen LogP contribution in [-0.4, -0.2) is 48.6 Å². The molecule has 1 amide bonds. The van der Waals surface area contributed by atoms with Gasteiger partial charge in [-0.05, 0) is 39.0 Å². The third-order valence-corrected chi connectivity index (χ3v) is 4.44. The van der Waals surface area contributed by atoms with Crippen LogP contribution in [0.15, 0.2) is 4.99 Å². The number of rotatable bonds is 2. The van der Waals surface area contributed by atoms with Crippen LogP contribution in [0.5, 0.6) is 0 Å². The molecule has 0 aromatic rings. The number of amides is 1. The second-order valence-corrected chi connectivity index (χ2v) is 7.96. The summed E-state index contributed by atoms with van der Waals surface area (Å²) in [5.41, 5.74) is -0.0796. The van der Waals surface area contributed by atoms with E-state index in [0.29, 0.717) is 25.0 Å². The summed E-state index contributed by atoms with van der Waals surface area (Å²) in [6.07, 6.45) is 6.34. The Hall–Kier alpha value is -1.26. The van der Waals surface area contributed by atoms with Gasteiger partial charge in [0.1, 0.15) is 11.4 Å². The van der Waals surface area contributed by atoms with Gasteiger partial charge in [-0.25, -0.2) is 4.79 Å². The maximum Gasteiger partial charge on any atom is 0.410 e. The molecule has 0 aromatic carbocycles. The number of ether oxygens (including phenoxy) is 1. The summed E-state index contributed by atoms with van der Waals surface area (Å²) in [6.45, 7) is 10.8. The van der Waals surface area contributed by atoms with Crippen LogP contribution in [0.1, 0.15) is 59.8 Å². The molecule has 5 nitrogen and oxygen atoms in total. The van der Waals surface area contributed by atoms with Crippen LogP contribution in [0.3, 0.4) is 0 Å². The molecule has 2 rings (SSSR count). The Morgan fingerprint density at radius 3 is 2.64 bits per heavy atom. The SMILES string of the molecule is CC1(CNC2=NCCN(C(=O)OC(C)(C)C)C2)CCCCC1. The van der Waals surface area contributed by atoms with E-state index in [4.69, 9.17) is 4.74 Å². The normalized spacial score (nSPS) is 22.0. The molecule has 5 heteroatoms. The number of hydrogen-bond acceptors (Lipinski definition) is 4. The van der Waals surface area contributed by atoms with Gasteiger partial charge in [-0.3, -0.25) is 9.89 Å². The Bertz CT molecular complexity index is 420. The van der Waals surface area contributed by atoms with E-state index in [0.717, 1.165) is 12.4 Å². The van der Waals surface area contributed by atoms with E-state index >= 15 is 0 Å². The van der Waals surface area contributed by atoms with Gasteiger partial charge in [0, 0.05) is 13.1 Å². The molecule has 0 radical (unpaired) electrons. The zero-order valence-electron chi connectivity index (χ0n) is 14.6. The average Bonchev–Trinajstić information content (AvgIpc) is 2.45. The van der Waals surface area contributed by atoms with Crippen molar-refractivity contribution >= 4 is 11.9 Å². The summed E-state index contributed by atoms with van der Waals surface area (Å²) in [5.74, 6) is 0.920. The molecule has 1 heterocycles. The highest BCUT2D eigenvalue weighted by molar-refractivity contribution is 5.87. The lowest BCUT2D eigenvalue weighted by atomic mass is 9.76. The van der Waals surface area contributed by atoms with Crippen LogP contribution in [0.4, 0.5) is 4.79 Å². The second kappa shape index (κ2) is 6.88. The highest BCUT2D eigenvalue weighted by atomic mass is 16.6. The number of nitrogens with one attached hydrogen (secondary N) is 1. The molecule has 1 fully saturated rings. The third-order valence-electron chi connectivity index (χ3n) is 4.44. The summed E-state index contributed by atoms with van der Waals surface area (Å²) in [5, 5.41) is 3.48. The van der Waals surface area contributed by atoms with Gasteiger partial charge < -0.3 is 10.1 Å². The highest BCUT2D eigenvalue weighted by Crippen LogP contribution is 2.34. The molecule has 0 spiro atoms. The van der Waals surface area contributed by atoms with Crippen LogP contribution in [0, 0.1) is 5.41 Å². The maximum absolute atomic E-state index is 12.1. The first-order valence-electron chi connectivity index (χ1n) is 8.53. The minimum absolute atomic E-state index is 0.245. The second-order valence-electron chi connectivity index (χ2n) is 7.96. The van der Waals surface area contributed by atoms with E-state index in [-0.39, 0.29) is 6.09 Å². The van der Waals surface area contributed by atoms with Crippen molar-refractivity contribution in [2.24, 2.45) is 10.4 Å². The monoisotopic (exact) mass is 309 g/mol. The van der Waals surface area contributed by atoms with E-state index in [1.54, 1.807) is 4.90 Å². The summed E-state index contributed by atoms with van der Waals surface area (Å²) >= 11 is 0. The first kappa shape index (κ1) is 17.1. The predicted molar refractivity (Wildman–Crippen MR) is 89.3 cm³/mol. The molecule has 1 N–H and O–H groups in total. The number of hydrogen-bond donors (Lipinski definition) is 1. The number of aliphatic imine (C=N–C) groups is 1. The number of amidine groups is 1. The molecule has 1 aliphatic heterocycles. The van der Waals surface area contributed by atoms with E-state index in [2.05, 4.69) is 17.2 Å². The third kappa shape index (κ3) is 5.18. The molecule has 0 bridgehead atoms. The quantitative estimate of drug-likeness (QED) is 0.852. The Morgan fingerprint density at radius 2 is 2.00 bits per heavy atom. The molecule has 0 unspecified atom stereocenters. The van der Waals surface area contributed by atoms with Gasteiger partial charge in [-0.2, -0.15) is 0 Å². The van der Waals surface area contributed by atoms with Gasteiger partial charge in [-0.15, -0.1) is 0 Å². The summed E-state index contributed by atoms with van der Waals surface area (Å²) in [7, 11) is 0. The summed E-state index contributed by atoms with van der Waals surface area (Å²) in [4.78, 5) is 18.4. The van der Waals surface area contributed by atoms with Crippen molar-refractivity contribution in [3.8, 4) is 0 Å². The van der Waals surface area contributed by atoms with E-state index in [9.17, 15) is 4.79 Å². The molecule has 22 heavy (non-hydrogen) atoms. The molecule has 0 aromatic heterocycles. The zero-order valence-corrected chi connectivity index (χ0v) is 14.6. The van der Waals surface area contributed by atoms with E-state index in [1.807, 2.05) is 20.8 Å². The fraction of sp³-hybridized carbons (Fsp3) is 0.882. The van der Waals surface area contributed by atoms with E-state index in [1.165, 1.54) is 32.1 Å². The first-order chi connectivity index (χ1) is 10.3. The molecule has 0 atom stereocenters. The van der Waals surface area contributed by atoms with Crippen molar-refractivity contribution < 1.29 is 9.53 Å². The van der Waals surface area contributed by atoms with Crippen molar-refractivity contribution in [3.05, 3.63) is 0 Å². The Kier molecular flexibility index (Phi) is 5.35. The van der Waals surface area contributed by atoms with Gasteiger partial charge >= 0.3 is 6.09 Å². The van der Waals surface area contributed by atoms with Gasteiger partial charge in [0.25, 0.3) is 0 Å². The fourth-order valence-corrected chi connectivity index (χ4v) is 3.11. The van der Waals surface area contributed by atoms with Crippen molar-refractivity contribution in [1.29, 1.82) is 0 Å². The minimum Gasteiger partial charge on any atom is -0.444 e. The van der Waals surface area contributed by atoms with Crippen LogP contribution >= 0.6 is 0 Å². The van der Waals surface area contributed by atoms with Crippen LogP contribution in [-0.2, 0) is 4.74 Å². The Labute approximate surface area is 134 Å². The summed E-state index contributed by atoms with van der Waals surface area (Å²) < 4.78 is 5.44. The van der Waals surface area contributed by atoms with Crippen LogP contribution in [0.25, 0.3) is 0 Å². The molecule has 1 aliphatic carbocycles. The fourth-order valence-electron chi connectivity index (χ4n) is 3.11. The smallest absolute Gasteiger partial charge is 0.410 e. The van der Waals surface area contributed by atoms with Gasteiger partial charge in [0.15, 0.2) is 0 Å². The largest absolute Gasteiger partial charge is 0.444 e. The first-order valence-corrected chi connectivity index (χ1v) is 8.53. The van der Waals surface area contributed by atoms with Gasteiger partial charge in [0.05, 0.1) is 13.1 Å². The Morgan fingerprint density at radius 1 is 1.32 bits per heavy atom. The Balaban J connectivity index is 1.83. The average molecular weight is 309 g/mol. The number of carbonyl (C=O) groups is 1.